The van der Waals surface area contributed by atoms with Crippen molar-refractivity contribution < 1.29 is 58.2 Å². The van der Waals surface area contributed by atoms with Crippen LogP contribution in [0.15, 0.2) is 17.1 Å². The number of rotatable bonds is 1. The summed E-state index contributed by atoms with van der Waals surface area (Å²) in [6, 6.07) is 2.03. The van der Waals surface area contributed by atoms with Crippen molar-refractivity contribution in [1.29, 1.82) is 0 Å². The van der Waals surface area contributed by atoms with Gasteiger partial charge < -0.3 is 4.68 Å². The van der Waals surface area contributed by atoms with E-state index >= 15 is 0 Å². The number of aromatic nitrogens is 2. The summed E-state index contributed by atoms with van der Waals surface area (Å²) < 4.78 is 1.82. The van der Waals surface area contributed by atoms with Crippen molar-refractivity contribution in [2.24, 2.45) is 4.99 Å². The van der Waals surface area contributed by atoms with Crippen LogP contribution in [0.4, 0.5) is 5.82 Å². The predicted octanol–water partition coefficient (Wildman–Crippen LogP) is -0.209. The number of hydrogen-bond acceptors (Lipinski definition) is 2. The molecule has 0 radical (unpaired) electrons. The van der Waals surface area contributed by atoms with E-state index < -0.39 is 0 Å². The van der Waals surface area contributed by atoms with Crippen LogP contribution < -0.4 is 58.2 Å². The maximum Gasteiger partial charge on any atom is 1.00 e. The summed E-state index contributed by atoms with van der Waals surface area (Å²) >= 11 is 0. The van der Waals surface area contributed by atoms with Gasteiger partial charge in [-0.05, 0) is 12.1 Å². The molecule has 15 heavy (non-hydrogen) atoms. The second-order valence-corrected chi connectivity index (χ2v) is 3.84. The smallest absolute Gasteiger partial charge is 0.304 e. The molecule has 0 fully saturated rings. The van der Waals surface area contributed by atoms with Gasteiger partial charge in [-0.1, -0.05) is 13.8 Å². The second kappa shape index (κ2) is 5.57. The van der Waals surface area contributed by atoms with Crippen LogP contribution in [0.25, 0.3) is 6.20 Å². The zero-order valence-electron chi connectivity index (χ0n) is 9.73. The van der Waals surface area contributed by atoms with Crippen molar-refractivity contribution in [3.63, 3.8) is 0 Å². The van der Waals surface area contributed by atoms with Gasteiger partial charge >= 0.3 is 58.2 Å². The number of fused-ring (bicyclic) bond motifs is 1. The first-order chi connectivity index (χ1) is 6.66. The number of hydrogen-bond donors (Lipinski definition) is 0. The Kier molecular flexibility index (Phi) is 4.96. The summed E-state index contributed by atoms with van der Waals surface area (Å²) in [5.74, 6) is 2.49. The van der Waals surface area contributed by atoms with Crippen molar-refractivity contribution in [2.45, 2.75) is 26.7 Å². The van der Waals surface area contributed by atoms with Crippen LogP contribution in [-0.4, -0.2) is 16.0 Å². The Bertz CT molecular complexity index is 359. The van der Waals surface area contributed by atoms with Crippen LogP contribution >= 0.6 is 0 Å². The molecular formula is C11H14N3Rb. The van der Waals surface area contributed by atoms with Gasteiger partial charge in [-0.3, -0.25) is 4.99 Å². The van der Waals surface area contributed by atoms with Crippen molar-refractivity contribution in [3.8, 4) is 0 Å². The third kappa shape index (κ3) is 3.13. The molecule has 1 aliphatic rings. The molecule has 74 valence electrons. The summed E-state index contributed by atoms with van der Waals surface area (Å²) in [4.78, 5) is 4.35. The molecule has 0 aromatic carbocycles. The molecule has 3 nitrogen and oxygen atoms in total. The van der Waals surface area contributed by atoms with Crippen molar-refractivity contribution in [2.75, 3.05) is 0 Å². The molecule has 0 bridgehead atoms. The van der Waals surface area contributed by atoms with Gasteiger partial charge in [-0.15, -0.1) is 13.1 Å². The molecular weight excluding hydrogens is 260 g/mol. The predicted molar refractivity (Wildman–Crippen MR) is 58.7 cm³/mol. The van der Waals surface area contributed by atoms with Gasteiger partial charge in [0.25, 0.3) is 0 Å². The van der Waals surface area contributed by atoms with Crippen LogP contribution in [-0.2, 0) is 0 Å². The fourth-order valence-electron chi connectivity index (χ4n) is 1.29. The topological polar surface area (TPSA) is 30.2 Å². The maximum atomic E-state index is 4.45. The Morgan fingerprint density at radius 2 is 2.13 bits per heavy atom. The Hall–Kier alpha value is 0.295. The van der Waals surface area contributed by atoms with Crippen LogP contribution in [0.2, 0.25) is 0 Å². The van der Waals surface area contributed by atoms with Crippen LogP contribution in [0.3, 0.4) is 0 Å². The third-order valence-electron chi connectivity index (χ3n) is 2.21. The SMILES string of the molecule is C[C-]1C=Cn2nc(C(C)C)cc2N=C1.[Rb+]. The molecule has 0 amide bonds. The standard InChI is InChI=1S/C11H14N3.Rb/c1-8(2)10-6-11-12-7-9(3)4-5-14(11)13-10;/h4-8H,1-3H3;/q-1;+1. The minimum Gasteiger partial charge on any atom is -0.304 e. The van der Waals surface area contributed by atoms with Crippen LogP contribution in [0.1, 0.15) is 32.4 Å². The summed E-state index contributed by atoms with van der Waals surface area (Å²) in [6.07, 6.45) is 5.82. The van der Waals surface area contributed by atoms with Crippen LogP contribution in [0.5, 0.6) is 0 Å². The van der Waals surface area contributed by atoms with E-state index in [0.29, 0.717) is 5.92 Å². The van der Waals surface area contributed by atoms with Gasteiger partial charge in [0, 0.05) is 6.07 Å². The quantitative estimate of drug-likeness (QED) is 0.652. The molecule has 1 aromatic rings. The van der Waals surface area contributed by atoms with E-state index in [1.54, 1.807) is 0 Å². The normalized spacial score (nSPS) is 13.7. The Labute approximate surface area is 139 Å². The first kappa shape index (κ1) is 13.4. The number of aliphatic imine (C=N–C) groups is 1. The molecule has 0 saturated heterocycles. The average molecular weight is 274 g/mol. The minimum atomic E-state index is 0. The molecule has 4 heteroatoms. The second-order valence-electron chi connectivity index (χ2n) is 3.84. The van der Waals surface area contributed by atoms with E-state index in [2.05, 4.69) is 23.9 Å². The molecule has 0 aliphatic carbocycles. The fourth-order valence-corrected chi connectivity index (χ4v) is 1.29. The van der Waals surface area contributed by atoms with E-state index in [4.69, 9.17) is 0 Å². The monoisotopic (exact) mass is 273 g/mol. The fraction of sp³-hybridized carbons (Fsp3) is 0.364. The maximum absolute atomic E-state index is 4.45. The number of allylic oxidation sites excluding steroid dienone is 1. The van der Waals surface area contributed by atoms with Gasteiger partial charge in [-0.25, -0.2) is 6.08 Å². The third-order valence-corrected chi connectivity index (χ3v) is 2.21. The zero-order chi connectivity index (χ0) is 10.1. The van der Waals surface area contributed by atoms with E-state index in [9.17, 15) is 0 Å². The minimum absolute atomic E-state index is 0. The molecule has 2 heterocycles. The largest absolute Gasteiger partial charge is 1.00 e. The van der Waals surface area contributed by atoms with Gasteiger partial charge in [0.15, 0.2) is 0 Å². The molecule has 2 rings (SSSR count). The molecule has 0 atom stereocenters. The van der Waals surface area contributed by atoms with E-state index in [1.807, 2.05) is 36.2 Å². The van der Waals surface area contributed by atoms with E-state index in [0.717, 1.165) is 17.4 Å². The summed E-state index contributed by atoms with van der Waals surface area (Å²) in [6.45, 7) is 6.29. The average Bonchev–Trinajstić information content (AvgIpc) is 2.48. The zero-order valence-corrected chi connectivity index (χ0v) is 14.6. The first-order valence-corrected chi connectivity index (χ1v) is 4.82. The molecule has 0 spiro atoms. The molecule has 0 unspecified atom stereocenters. The van der Waals surface area contributed by atoms with E-state index in [-0.39, 0.29) is 58.2 Å². The van der Waals surface area contributed by atoms with Crippen LogP contribution in [0, 0.1) is 5.92 Å². The van der Waals surface area contributed by atoms with Gasteiger partial charge in [-0.2, -0.15) is 11.0 Å². The molecule has 1 aromatic heterocycles. The van der Waals surface area contributed by atoms with Gasteiger partial charge in [0.1, 0.15) is 5.82 Å². The van der Waals surface area contributed by atoms with Gasteiger partial charge in [0.2, 0.25) is 0 Å². The molecule has 0 N–H and O–H groups in total. The van der Waals surface area contributed by atoms with Crippen molar-refractivity contribution in [3.05, 3.63) is 23.8 Å². The summed E-state index contributed by atoms with van der Waals surface area (Å²) in [7, 11) is 0. The molecule has 1 aliphatic heterocycles. The first-order valence-electron chi connectivity index (χ1n) is 4.82. The van der Waals surface area contributed by atoms with Crippen molar-refractivity contribution in [1.82, 2.24) is 9.78 Å². The number of nitrogens with zero attached hydrogens (tertiary/aromatic N) is 3. The Morgan fingerprint density at radius 1 is 1.40 bits per heavy atom. The van der Waals surface area contributed by atoms with E-state index in [1.165, 1.54) is 0 Å². The van der Waals surface area contributed by atoms with Gasteiger partial charge in [0.05, 0.1) is 5.69 Å². The summed E-state index contributed by atoms with van der Waals surface area (Å²) in [5, 5.41) is 4.45. The van der Waals surface area contributed by atoms with Crippen molar-refractivity contribution >= 4 is 18.2 Å². The Balaban J connectivity index is 0.00000112. The summed E-state index contributed by atoms with van der Waals surface area (Å²) in [5.41, 5.74) is 1.08. The Morgan fingerprint density at radius 3 is 2.80 bits per heavy atom. The molecule has 0 saturated carbocycles.